The Morgan fingerprint density at radius 1 is 0.920 bits per heavy atom. The Morgan fingerprint density at radius 2 is 1.64 bits per heavy atom. The van der Waals surface area contributed by atoms with E-state index in [2.05, 4.69) is 63.2 Å². The zero-order valence-corrected chi connectivity index (χ0v) is 15.6. The summed E-state index contributed by atoms with van der Waals surface area (Å²) in [7, 11) is 0. The molecule has 1 aliphatic rings. The van der Waals surface area contributed by atoms with Crippen LogP contribution in [0, 0.1) is 19.3 Å². The van der Waals surface area contributed by atoms with Gasteiger partial charge in [0.1, 0.15) is 0 Å². The lowest BCUT2D eigenvalue weighted by Gasteiger charge is -2.23. The molecule has 2 aromatic carbocycles. The lowest BCUT2D eigenvalue weighted by Crippen LogP contribution is -2.14. The fourth-order valence-electron chi connectivity index (χ4n) is 4.58. The molecule has 1 nitrogen and oxygen atoms in total. The van der Waals surface area contributed by atoms with Crippen LogP contribution >= 0.6 is 0 Å². The van der Waals surface area contributed by atoms with Crippen LogP contribution in [0.25, 0.3) is 22.0 Å². The minimum Gasteiger partial charge on any atom is -0.256 e. The molecule has 0 atom stereocenters. The Morgan fingerprint density at radius 3 is 2.36 bits per heavy atom. The van der Waals surface area contributed by atoms with E-state index in [1.54, 1.807) is 0 Å². The molecule has 1 aliphatic carbocycles. The molecule has 0 unspecified atom stereocenters. The van der Waals surface area contributed by atoms with E-state index in [4.69, 9.17) is 4.98 Å². The van der Waals surface area contributed by atoms with Crippen molar-refractivity contribution >= 4 is 10.8 Å². The predicted octanol–water partition coefficient (Wildman–Crippen LogP) is 6.64. The topological polar surface area (TPSA) is 12.9 Å². The summed E-state index contributed by atoms with van der Waals surface area (Å²) in [5.41, 5.74) is 6.87. The van der Waals surface area contributed by atoms with Crippen molar-refractivity contribution in [1.82, 2.24) is 4.98 Å². The smallest absolute Gasteiger partial charge is 0.0780 e. The number of pyridine rings is 1. The first-order chi connectivity index (χ1) is 12.0. The summed E-state index contributed by atoms with van der Waals surface area (Å²) in [6.07, 6.45) is 8.68. The first kappa shape index (κ1) is 16.3. The van der Waals surface area contributed by atoms with E-state index < -0.39 is 0 Å². The number of rotatable bonds is 3. The highest BCUT2D eigenvalue weighted by Crippen LogP contribution is 2.41. The third-order valence-corrected chi connectivity index (χ3v) is 5.77. The van der Waals surface area contributed by atoms with E-state index in [1.807, 2.05) is 6.20 Å². The quantitative estimate of drug-likeness (QED) is 0.525. The van der Waals surface area contributed by atoms with Crippen molar-refractivity contribution < 1.29 is 0 Å². The van der Waals surface area contributed by atoms with Gasteiger partial charge in [0.15, 0.2) is 0 Å². The second-order valence-electron chi connectivity index (χ2n) is 8.29. The molecule has 3 aromatic rings. The Balaban J connectivity index is 1.75. The van der Waals surface area contributed by atoms with E-state index >= 15 is 0 Å². The molecule has 0 N–H and O–H groups in total. The van der Waals surface area contributed by atoms with Crippen molar-refractivity contribution in [2.75, 3.05) is 0 Å². The Hall–Kier alpha value is -2.15. The molecule has 0 aliphatic heterocycles. The molecule has 0 amide bonds. The number of hydrogen-bond donors (Lipinski definition) is 0. The maximum atomic E-state index is 4.71. The summed E-state index contributed by atoms with van der Waals surface area (Å²) >= 11 is 0. The molecule has 0 bridgehead atoms. The van der Waals surface area contributed by atoms with Gasteiger partial charge >= 0.3 is 0 Å². The van der Waals surface area contributed by atoms with Crippen LogP contribution in [0.1, 0.15) is 49.3 Å². The maximum Gasteiger partial charge on any atom is 0.0780 e. The van der Waals surface area contributed by atoms with Gasteiger partial charge in [-0.3, -0.25) is 4.98 Å². The van der Waals surface area contributed by atoms with Gasteiger partial charge in [0.2, 0.25) is 0 Å². The second-order valence-corrected chi connectivity index (χ2v) is 8.29. The SMILES string of the molecule is Cc1cc(C)cc(-c2nccc3cc(CC4(C)CCCC4)ccc23)c1. The van der Waals surface area contributed by atoms with Crippen LogP contribution < -0.4 is 0 Å². The molecule has 1 saturated carbocycles. The van der Waals surface area contributed by atoms with Gasteiger partial charge in [-0.25, -0.2) is 0 Å². The average Bonchev–Trinajstić information content (AvgIpc) is 2.99. The van der Waals surface area contributed by atoms with Crippen LogP contribution in [0.5, 0.6) is 0 Å². The van der Waals surface area contributed by atoms with Crippen molar-refractivity contribution in [2.24, 2.45) is 5.41 Å². The largest absolute Gasteiger partial charge is 0.256 e. The van der Waals surface area contributed by atoms with E-state index in [9.17, 15) is 0 Å². The fraction of sp³-hybridized carbons (Fsp3) is 0.375. The minimum atomic E-state index is 0.497. The van der Waals surface area contributed by atoms with Crippen molar-refractivity contribution in [3.05, 3.63) is 65.4 Å². The Kier molecular flexibility index (Phi) is 4.11. The lowest BCUT2D eigenvalue weighted by molar-refractivity contribution is 0.335. The number of nitrogens with zero attached hydrogens (tertiary/aromatic N) is 1. The van der Waals surface area contributed by atoms with Crippen LogP contribution in [-0.4, -0.2) is 4.98 Å². The first-order valence-electron chi connectivity index (χ1n) is 9.49. The number of aryl methyl sites for hydroxylation is 2. The van der Waals surface area contributed by atoms with Gasteiger partial charge in [0.25, 0.3) is 0 Å². The van der Waals surface area contributed by atoms with Gasteiger partial charge in [-0.2, -0.15) is 0 Å². The van der Waals surface area contributed by atoms with Crippen molar-refractivity contribution in [1.29, 1.82) is 0 Å². The fourth-order valence-corrected chi connectivity index (χ4v) is 4.58. The molecular formula is C24H27N. The molecule has 25 heavy (non-hydrogen) atoms. The lowest BCUT2D eigenvalue weighted by atomic mass is 9.82. The highest BCUT2D eigenvalue weighted by molar-refractivity contribution is 5.95. The van der Waals surface area contributed by atoms with E-state index in [0.29, 0.717) is 5.41 Å². The molecule has 1 heterocycles. The first-order valence-corrected chi connectivity index (χ1v) is 9.49. The van der Waals surface area contributed by atoms with Gasteiger partial charge in [-0.15, -0.1) is 0 Å². The molecule has 1 aromatic heterocycles. The van der Waals surface area contributed by atoms with Crippen LogP contribution in [-0.2, 0) is 6.42 Å². The van der Waals surface area contributed by atoms with E-state index in [1.165, 1.54) is 65.1 Å². The molecule has 4 rings (SSSR count). The van der Waals surface area contributed by atoms with Crippen LogP contribution in [0.2, 0.25) is 0 Å². The zero-order valence-electron chi connectivity index (χ0n) is 15.6. The summed E-state index contributed by atoms with van der Waals surface area (Å²) in [5, 5.41) is 2.57. The average molecular weight is 329 g/mol. The van der Waals surface area contributed by atoms with E-state index in [-0.39, 0.29) is 0 Å². The van der Waals surface area contributed by atoms with Gasteiger partial charge in [-0.1, -0.05) is 55.2 Å². The van der Waals surface area contributed by atoms with Crippen molar-refractivity contribution in [3.63, 3.8) is 0 Å². The van der Waals surface area contributed by atoms with Crippen LogP contribution in [0.15, 0.2) is 48.7 Å². The molecule has 1 heteroatoms. The van der Waals surface area contributed by atoms with E-state index in [0.717, 1.165) is 5.69 Å². The van der Waals surface area contributed by atoms with Crippen LogP contribution in [0.3, 0.4) is 0 Å². The zero-order chi connectivity index (χ0) is 17.4. The summed E-state index contributed by atoms with van der Waals surface area (Å²) in [6, 6.07) is 15.8. The monoisotopic (exact) mass is 329 g/mol. The number of benzene rings is 2. The standard InChI is InChI=1S/C24H27N/c1-17-12-18(2)14-21(13-17)23-22-7-6-19(15-20(22)8-11-25-23)16-24(3)9-4-5-10-24/h6-8,11-15H,4-5,9-10,16H2,1-3H3. The van der Waals surface area contributed by atoms with Crippen molar-refractivity contribution in [3.8, 4) is 11.3 Å². The molecule has 0 saturated heterocycles. The number of aromatic nitrogens is 1. The van der Waals surface area contributed by atoms with Gasteiger partial charge in [0.05, 0.1) is 5.69 Å². The second kappa shape index (κ2) is 6.29. The Bertz CT molecular complexity index is 896. The normalized spacial score (nSPS) is 16.4. The van der Waals surface area contributed by atoms with Gasteiger partial charge < -0.3 is 0 Å². The summed E-state index contributed by atoms with van der Waals surface area (Å²) < 4.78 is 0. The Labute approximate surface area is 151 Å². The molecular weight excluding hydrogens is 302 g/mol. The molecule has 0 spiro atoms. The molecule has 0 radical (unpaired) electrons. The predicted molar refractivity (Wildman–Crippen MR) is 107 cm³/mol. The third kappa shape index (κ3) is 3.33. The summed E-state index contributed by atoms with van der Waals surface area (Å²) in [5.74, 6) is 0. The molecule has 128 valence electrons. The maximum absolute atomic E-state index is 4.71. The number of hydrogen-bond acceptors (Lipinski definition) is 1. The minimum absolute atomic E-state index is 0.497. The number of fused-ring (bicyclic) bond motifs is 1. The summed E-state index contributed by atoms with van der Waals surface area (Å²) in [6.45, 7) is 6.77. The third-order valence-electron chi connectivity index (χ3n) is 5.77. The van der Waals surface area contributed by atoms with Gasteiger partial charge in [0, 0.05) is 17.1 Å². The van der Waals surface area contributed by atoms with Crippen molar-refractivity contribution in [2.45, 2.75) is 52.9 Å². The highest BCUT2D eigenvalue weighted by Gasteiger charge is 2.28. The van der Waals surface area contributed by atoms with Crippen LogP contribution in [0.4, 0.5) is 0 Å². The molecule has 1 fully saturated rings. The summed E-state index contributed by atoms with van der Waals surface area (Å²) in [4.78, 5) is 4.71. The van der Waals surface area contributed by atoms with Gasteiger partial charge in [-0.05, 0) is 67.7 Å². The highest BCUT2D eigenvalue weighted by atomic mass is 14.7.